The highest BCUT2D eigenvalue weighted by Crippen LogP contribution is 2.45. The zero-order valence-electron chi connectivity index (χ0n) is 27.0. The summed E-state index contributed by atoms with van der Waals surface area (Å²) in [7, 11) is 0. The van der Waals surface area contributed by atoms with Crippen LogP contribution < -0.4 is 10.6 Å². The van der Waals surface area contributed by atoms with E-state index in [1.54, 1.807) is 0 Å². The third-order valence-electron chi connectivity index (χ3n) is 10.3. The topological polar surface area (TPSA) is 42.1 Å². The average molecular weight is 632 g/mol. The van der Waals surface area contributed by atoms with Gasteiger partial charge in [-0.2, -0.15) is 0 Å². The zero-order valence-corrected chi connectivity index (χ0v) is 27.0. The Morgan fingerprint density at radius 2 is 1.16 bits per heavy atom. The van der Waals surface area contributed by atoms with Crippen LogP contribution in [0.3, 0.4) is 0 Å². The van der Waals surface area contributed by atoms with Gasteiger partial charge in [0.1, 0.15) is 11.7 Å². The van der Waals surface area contributed by atoms with Crippen LogP contribution in [-0.2, 0) is 0 Å². The molecule has 2 atom stereocenters. The minimum absolute atomic E-state index is 0.0277. The number of para-hydroxylation sites is 2. The Morgan fingerprint density at radius 3 is 1.92 bits per heavy atom. The Hall–Kier alpha value is -6.10. The predicted molar refractivity (Wildman–Crippen MR) is 203 cm³/mol. The Balaban J connectivity index is 1.18. The van der Waals surface area contributed by atoms with Crippen molar-refractivity contribution in [3.8, 4) is 5.69 Å². The maximum Gasteiger partial charge on any atom is 0.160 e. The number of rotatable bonds is 4. The van der Waals surface area contributed by atoms with Crippen LogP contribution in [0.15, 0.2) is 168 Å². The summed E-state index contributed by atoms with van der Waals surface area (Å²) >= 11 is 0. The Labute approximate surface area is 283 Å². The van der Waals surface area contributed by atoms with Crippen molar-refractivity contribution >= 4 is 60.2 Å². The second-order valence-corrected chi connectivity index (χ2v) is 13.0. The molecule has 4 nitrogen and oxygen atoms in total. The lowest BCUT2D eigenvalue weighted by atomic mass is 9.92. The Bertz CT molecular complexity index is 2720. The number of benzene rings is 7. The van der Waals surface area contributed by atoms with Crippen molar-refractivity contribution in [3.05, 3.63) is 180 Å². The molecule has 0 radical (unpaired) electrons. The fourth-order valence-corrected chi connectivity index (χ4v) is 8.03. The van der Waals surface area contributed by atoms with Crippen LogP contribution in [-0.4, -0.2) is 4.57 Å². The minimum Gasteiger partial charge on any atom is -0.454 e. The highest BCUT2D eigenvalue weighted by Gasteiger charge is 2.29. The van der Waals surface area contributed by atoms with Crippen molar-refractivity contribution < 1.29 is 4.42 Å². The van der Waals surface area contributed by atoms with Crippen LogP contribution in [0.1, 0.15) is 35.8 Å². The molecule has 0 saturated carbocycles. The highest BCUT2D eigenvalue weighted by molar-refractivity contribution is 6.35. The fourth-order valence-electron chi connectivity index (χ4n) is 8.03. The number of hydrogen-bond donors (Lipinski definition) is 2. The molecule has 234 valence electrons. The molecule has 2 N–H and O–H groups in total. The van der Waals surface area contributed by atoms with E-state index >= 15 is 0 Å². The highest BCUT2D eigenvalue weighted by atomic mass is 16.3. The third kappa shape index (κ3) is 4.28. The van der Waals surface area contributed by atoms with E-state index < -0.39 is 0 Å². The van der Waals surface area contributed by atoms with Gasteiger partial charge in [-0.1, -0.05) is 133 Å². The lowest BCUT2D eigenvalue weighted by Crippen LogP contribution is -2.41. The monoisotopic (exact) mass is 631 g/mol. The molecule has 1 aliphatic heterocycles. The van der Waals surface area contributed by atoms with Gasteiger partial charge in [0.15, 0.2) is 5.58 Å². The first-order valence-electron chi connectivity index (χ1n) is 16.9. The van der Waals surface area contributed by atoms with E-state index in [9.17, 15) is 0 Å². The fraction of sp³-hybridized carbons (Fsp3) is 0.0667. The van der Waals surface area contributed by atoms with Crippen LogP contribution in [0.4, 0.5) is 0 Å². The van der Waals surface area contributed by atoms with Crippen molar-refractivity contribution in [1.82, 2.24) is 15.2 Å². The molecule has 0 aliphatic carbocycles. The van der Waals surface area contributed by atoms with Gasteiger partial charge in [-0.15, -0.1) is 0 Å². The molecule has 0 saturated heterocycles. The molecule has 0 spiro atoms. The summed E-state index contributed by atoms with van der Waals surface area (Å²) in [5.74, 6) is 0. The van der Waals surface area contributed by atoms with E-state index in [0.29, 0.717) is 0 Å². The van der Waals surface area contributed by atoms with Gasteiger partial charge in [-0.05, 0) is 64.2 Å². The number of hydrogen-bond acceptors (Lipinski definition) is 3. The molecular formula is C45H33N3O. The van der Waals surface area contributed by atoms with Crippen LogP contribution in [0.2, 0.25) is 0 Å². The largest absolute Gasteiger partial charge is 0.454 e. The van der Waals surface area contributed by atoms with Crippen molar-refractivity contribution in [1.29, 1.82) is 0 Å². The average Bonchev–Trinajstić information content (AvgIpc) is 3.73. The number of nitrogens with one attached hydrogen (secondary N) is 2. The number of furan rings is 1. The van der Waals surface area contributed by atoms with E-state index in [4.69, 9.17) is 4.42 Å². The quantitative estimate of drug-likeness (QED) is 0.203. The molecule has 49 heavy (non-hydrogen) atoms. The molecular weight excluding hydrogens is 599 g/mol. The van der Waals surface area contributed by atoms with E-state index in [1.165, 1.54) is 54.9 Å². The summed E-state index contributed by atoms with van der Waals surface area (Å²) in [6, 6.07) is 56.3. The van der Waals surface area contributed by atoms with Crippen molar-refractivity contribution in [2.24, 2.45) is 0 Å². The second kappa shape index (κ2) is 11.0. The van der Waals surface area contributed by atoms with Crippen LogP contribution in [0.5, 0.6) is 0 Å². The Kier molecular flexibility index (Phi) is 6.27. The number of aromatic nitrogens is 1. The van der Waals surface area contributed by atoms with Crippen molar-refractivity contribution in [3.63, 3.8) is 0 Å². The van der Waals surface area contributed by atoms with E-state index in [2.05, 4.69) is 180 Å². The van der Waals surface area contributed by atoms with Gasteiger partial charge in [0, 0.05) is 32.9 Å². The summed E-state index contributed by atoms with van der Waals surface area (Å²) in [5.41, 5.74) is 11.2. The van der Waals surface area contributed by atoms with Gasteiger partial charge in [0.25, 0.3) is 0 Å². The lowest BCUT2D eigenvalue weighted by molar-refractivity contribution is 0.427. The molecule has 3 heterocycles. The van der Waals surface area contributed by atoms with Crippen molar-refractivity contribution in [2.75, 3.05) is 0 Å². The number of fused-ring (bicyclic) bond motifs is 10. The lowest BCUT2D eigenvalue weighted by Gasteiger charge is -2.36. The second-order valence-electron chi connectivity index (χ2n) is 13.0. The van der Waals surface area contributed by atoms with Crippen LogP contribution in [0, 0.1) is 0 Å². The van der Waals surface area contributed by atoms with Gasteiger partial charge >= 0.3 is 0 Å². The molecule has 10 rings (SSSR count). The summed E-state index contributed by atoms with van der Waals surface area (Å²) < 4.78 is 9.16. The molecule has 4 heteroatoms. The molecule has 9 aromatic rings. The van der Waals surface area contributed by atoms with E-state index in [1.807, 2.05) is 0 Å². The normalized spacial score (nSPS) is 16.7. The molecule has 2 aromatic heterocycles. The first-order valence-corrected chi connectivity index (χ1v) is 16.9. The minimum atomic E-state index is -0.0308. The van der Waals surface area contributed by atoms with Crippen LogP contribution in [0.25, 0.3) is 65.9 Å². The van der Waals surface area contributed by atoms with Gasteiger partial charge in [-0.25, -0.2) is 0 Å². The summed E-state index contributed by atoms with van der Waals surface area (Å²) in [5, 5.41) is 14.9. The molecule has 1 aliphatic rings. The summed E-state index contributed by atoms with van der Waals surface area (Å²) in [6.07, 6.45) is -0.0308. The Morgan fingerprint density at radius 1 is 0.551 bits per heavy atom. The maximum absolute atomic E-state index is 6.76. The van der Waals surface area contributed by atoms with E-state index in [0.717, 1.165) is 33.3 Å². The van der Waals surface area contributed by atoms with Crippen molar-refractivity contribution in [2.45, 2.75) is 19.1 Å². The SMILES string of the molecule is CC1=C(c2ccccc2)NC(c2ccccc2)NC1c1ccc(-n2c3ccccc3c3c4ccccc4c4c5ccccc5oc4c32)cc1. The zero-order chi connectivity index (χ0) is 32.5. The summed E-state index contributed by atoms with van der Waals surface area (Å²) in [6.45, 7) is 2.23. The number of nitrogens with zero attached hydrogens (tertiary/aromatic N) is 1. The molecule has 7 aromatic carbocycles. The van der Waals surface area contributed by atoms with Gasteiger partial charge in [0.05, 0.1) is 17.1 Å². The standard InChI is InChI=1S/C45H33N3O/c1-28-41(29-14-4-2-5-15-29)46-45(31-16-6-3-7-17-31)47-42(28)30-24-26-32(27-25-30)48-37-22-12-10-20-35(37)39-33-18-8-9-19-34(33)40-36-21-11-13-23-38(36)49-44(40)43(39)48/h2-27,42,45-47H,1H3. The molecule has 0 bridgehead atoms. The summed E-state index contributed by atoms with van der Waals surface area (Å²) in [4.78, 5) is 0. The predicted octanol–water partition coefficient (Wildman–Crippen LogP) is 11.2. The van der Waals surface area contributed by atoms with E-state index in [-0.39, 0.29) is 12.2 Å². The van der Waals surface area contributed by atoms with Gasteiger partial charge in [-0.3, -0.25) is 5.32 Å². The van der Waals surface area contributed by atoms with Gasteiger partial charge in [0.2, 0.25) is 0 Å². The molecule has 0 fully saturated rings. The first kappa shape index (κ1) is 28.0. The van der Waals surface area contributed by atoms with Crippen LogP contribution >= 0.6 is 0 Å². The molecule has 2 unspecified atom stereocenters. The third-order valence-corrected chi connectivity index (χ3v) is 10.3. The maximum atomic E-state index is 6.76. The van der Waals surface area contributed by atoms with Gasteiger partial charge < -0.3 is 14.3 Å². The first-order chi connectivity index (χ1) is 24.2. The smallest absolute Gasteiger partial charge is 0.160 e. The molecule has 0 amide bonds.